The summed E-state index contributed by atoms with van der Waals surface area (Å²) in [5.74, 6) is 0. The molecule has 11 heavy (non-hydrogen) atoms. The van der Waals surface area contributed by atoms with Gasteiger partial charge in [-0.25, -0.2) is 9.97 Å². The van der Waals surface area contributed by atoms with Crippen molar-refractivity contribution >= 4 is 26.2 Å². The Hall–Kier alpha value is -1.15. The predicted octanol–water partition coefficient (Wildman–Crippen LogP) is 0.652. The number of nitrogen functional groups attached to an aromatic ring is 1. The average Bonchev–Trinajstić information content (AvgIpc) is 2.30. The van der Waals surface area contributed by atoms with Gasteiger partial charge in [0, 0.05) is 18.6 Å². The molecule has 2 aromatic rings. The van der Waals surface area contributed by atoms with Crippen LogP contribution in [0.2, 0.25) is 0 Å². The van der Waals surface area contributed by atoms with Crippen molar-refractivity contribution in [2.24, 2.45) is 0 Å². The number of rotatable bonds is 0. The zero-order chi connectivity index (χ0) is 7.84. The number of fused-ring (bicyclic) bond motifs is 1. The Bertz CT molecular complexity index is 358. The van der Waals surface area contributed by atoms with E-state index in [0.29, 0.717) is 5.69 Å². The molecule has 0 aromatic carbocycles. The third-order valence-electron chi connectivity index (χ3n) is 1.48. The van der Waals surface area contributed by atoms with E-state index in [9.17, 15) is 0 Å². The van der Waals surface area contributed by atoms with E-state index < -0.39 is 0 Å². The number of hydrogen-bond donors (Lipinski definition) is 1. The van der Waals surface area contributed by atoms with Crippen molar-refractivity contribution in [2.75, 3.05) is 5.73 Å². The van der Waals surface area contributed by atoms with Gasteiger partial charge < -0.3 is 10.1 Å². The molecule has 2 rings (SSSR count). The lowest BCUT2D eigenvalue weighted by Gasteiger charge is -1.90. The van der Waals surface area contributed by atoms with Crippen LogP contribution in [0.1, 0.15) is 0 Å². The second-order valence-electron chi connectivity index (χ2n) is 2.22. The van der Waals surface area contributed by atoms with Gasteiger partial charge in [-0.05, 0) is 9.39 Å². The molecule has 2 aromatic heterocycles. The highest BCUT2D eigenvalue weighted by molar-refractivity contribution is 7.14. The first-order valence-electron chi connectivity index (χ1n) is 3.11. The molecule has 0 fully saturated rings. The van der Waals surface area contributed by atoms with Crippen LogP contribution in [0.15, 0.2) is 18.6 Å². The highest BCUT2D eigenvalue weighted by Crippen LogP contribution is 2.19. The maximum Gasteiger partial charge on any atom is 0.163 e. The minimum absolute atomic E-state index is 0.656. The fourth-order valence-electron chi connectivity index (χ4n) is 0.995. The summed E-state index contributed by atoms with van der Waals surface area (Å²) in [5.41, 5.74) is 7.84. The molecule has 0 amide bonds. The number of aromatic nitrogens is 3. The van der Waals surface area contributed by atoms with Crippen LogP contribution in [0.3, 0.4) is 0 Å². The number of nitrogens with two attached hydrogens (primary N) is 1. The van der Waals surface area contributed by atoms with E-state index in [2.05, 4.69) is 19.4 Å². The van der Waals surface area contributed by atoms with Gasteiger partial charge in [-0.2, -0.15) is 0 Å². The predicted molar refractivity (Wildman–Crippen MR) is 47.0 cm³/mol. The zero-order valence-corrected chi connectivity index (χ0v) is 6.88. The molecule has 0 aliphatic heterocycles. The van der Waals surface area contributed by atoms with Gasteiger partial charge in [0.25, 0.3) is 0 Å². The van der Waals surface area contributed by atoms with Gasteiger partial charge >= 0.3 is 0 Å². The van der Waals surface area contributed by atoms with Gasteiger partial charge in [0.05, 0.1) is 5.69 Å². The van der Waals surface area contributed by atoms with E-state index in [4.69, 9.17) is 5.73 Å². The molecule has 2 heterocycles. The van der Waals surface area contributed by atoms with Crippen LogP contribution in [0.4, 0.5) is 5.69 Å². The average molecular weight is 166 g/mol. The standard InChI is InChI=1S/C6H7N4P/c7-4-3-10(11)6-5(4)8-1-2-9-6/h1-3H,7,11H2. The van der Waals surface area contributed by atoms with Crippen molar-refractivity contribution in [3.05, 3.63) is 18.6 Å². The lowest BCUT2D eigenvalue weighted by atomic mass is 10.5. The van der Waals surface area contributed by atoms with Crippen LogP contribution >= 0.6 is 9.39 Å². The Kier molecular flexibility index (Phi) is 1.29. The van der Waals surface area contributed by atoms with Crippen LogP contribution in [0.25, 0.3) is 11.2 Å². The molecule has 0 saturated heterocycles. The van der Waals surface area contributed by atoms with Crippen LogP contribution < -0.4 is 5.73 Å². The van der Waals surface area contributed by atoms with Gasteiger partial charge in [-0.15, -0.1) is 0 Å². The van der Waals surface area contributed by atoms with E-state index in [1.165, 1.54) is 0 Å². The molecular weight excluding hydrogens is 159 g/mol. The van der Waals surface area contributed by atoms with Crippen LogP contribution in [-0.4, -0.2) is 14.3 Å². The summed E-state index contributed by atoms with van der Waals surface area (Å²) in [6.07, 6.45) is 5.04. The van der Waals surface area contributed by atoms with Gasteiger partial charge in [0.1, 0.15) is 5.52 Å². The molecule has 0 aliphatic carbocycles. The van der Waals surface area contributed by atoms with Gasteiger partial charge in [-0.1, -0.05) is 0 Å². The van der Waals surface area contributed by atoms with Crippen molar-refractivity contribution in [2.45, 2.75) is 0 Å². The van der Waals surface area contributed by atoms with E-state index >= 15 is 0 Å². The Labute approximate surface area is 65.7 Å². The van der Waals surface area contributed by atoms with E-state index in [1.807, 2.05) is 0 Å². The first kappa shape index (κ1) is 6.55. The molecule has 0 bridgehead atoms. The molecule has 56 valence electrons. The third-order valence-corrected chi connectivity index (χ3v) is 1.87. The van der Waals surface area contributed by atoms with E-state index in [1.54, 1.807) is 22.9 Å². The fraction of sp³-hybridized carbons (Fsp3) is 0. The fourth-order valence-corrected chi connectivity index (χ4v) is 1.34. The van der Waals surface area contributed by atoms with Gasteiger partial charge in [-0.3, -0.25) is 0 Å². The van der Waals surface area contributed by atoms with Crippen molar-refractivity contribution in [1.29, 1.82) is 0 Å². The molecule has 4 nitrogen and oxygen atoms in total. The largest absolute Gasteiger partial charge is 0.396 e. The quantitative estimate of drug-likeness (QED) is 0.584. The van der Waals surface area contributed by atoms with Crippen molar-refractivity contribution < 1.29 is 0 Å². The Balaban J connectivity index is 2.95. The van der Waals surface area contributed by atoms with Crippen LogP contribution in [0, 0.1) is 0 Å². The number of hydrogen-bond acceptors (Lipinski definition) is 3. The molecule has 0 spiro atoms. The van der Waals surface area contributed by atoms with Crippen LogP contribution in [-0.2, 0) is 0 Å². The second-order valence-corrected chi connectivity index (χ2v) is 2.78. The smallest absolute Gasteiger partial charge is 0.163 e. The molecule has 0 radical (unpaired) electrons. The zero-order valence-electron chi connectivity index (χ0n) is 5.73. The summed E-state index contributed by atoms with van der Waals surface area (Å²) in [6, 6.07) is 0. The second kappa shape index (κ2) is 2.17. The first-order chi connectivity index (χ1) is 5.29. The summed E-state index contributed by atoms with van der Waals surface area (Å²) in [5, 5.41) is 0. The molecule has 5 heteroatoms. The van der Waals surface area contributed by atoms with Crippen molar-refractivity contribution in [1.82, 2.24) is 14.3 Å². The summed E-state index contributed by atoms with van der Waals surface area (Å²) in [6.45, 7) is 0. The summed E-state index contributed by atoms with van der Waals surface area (Å²) in [7, 11) is 2.50. The minimum Gasteiger partial charge on any atom is -0.396 e. The lowest BCUT2D eigenvalue weighted by molar-refractivity contribution is 1.23. The highest BCUT2D eigenvalue weighted by atomic mass is 31.0. The first-order valence-corrected chi connectivity index (χ1v) is 3.63. The molecular formula is C6H7N4P. The molecule has 2 N–H and O–H groups in total. The van der Waals surface area contributed by atoms with Gasteiger partial charge in [0.15, 0.2) is 5.65 Å². The van der Waals surface area contributed by atoms with Crippen molar-refractivity contribution in [3.63, 3.8) is 0 Å². The summed E-state index contributed by atoms with van der Waals surface area (Å²) in [4.78, 5) is 8.18. The summed E-state index contributed by atoms with van der Waals surface area (Å²) < 4.78 is 1.78. The molecule has 0 aliphatic rings. The topological polar surface area (TPSA) is 56.7 Å². The highest BCUT2D eigenvalue weighted by Gasteiger charge is 2.03. The number of nitrogens with zero attached hydrogens (tertiary/aromatic N) is 3. The van der Waals surface area contributed by atoms with Crippen molar-refractivity contribution in [3.8, 4) is 0 Å². The van der Waals surface area contributed by atoms with E-state index in [-0.39, 0.29) is 0 Å². The minimum atomic E-state index is 0.656. The monoisotopic (exact) mass is 166 g/mol. The Morgan fingerprint density at radius 2 is 2.09 bits per heavy atom. The van der Waals surface area contributed by atoms with Crippen LogP contribution in [0.5, 0.6) is 0 Å². The maximum absolute atomic E-state index is 5.64. The Morgan fingerprint density at radius 1 is 1.36 bits per heavy atom. The van der Waals surface area contributed by atoms with Gasteiger partial charge in [0.2, 0.25) is 0 Å². The molecule has 1 atom stereocenters. The summed E-state index contributed by atoms with van der Waals surface area (Å²) >= 11 is 0. The third kappa shape index (κ3) is 0.870. The normalized spacial score (nSPS) is 10.6. The molecule has 1 unspecified atom stereocenters. The number of anilines is 1. The SMILES string of the molecule is Nc1cn(P)c2nccnc12. The van der Waals surface area contributed by atoms with E-state index in [0.717, 1.165) is 11.2 Å². The maximum atomic E-state index is 5.64. The lowest BCUT2D eigenvalue weighted by Crippen LogP contribution is -1.84. The molecule has 0 saturated carbocycles. The Morgan fingerprint density at radius 3 is 2.82 bits per heavy atom.